The number of benzene rings is 1. The fourth-order valence-electron chi connectivity index (χ4n) is 1.15. The van der Waals surface area contributed by atoms with E-state index in [2.05, 4.69) is 18.0 Å². The second kappa shape index (κ2) is 4.32. The minimum atomic E-state index is 0.679. The summed E-state index contributed by atoms with van der Waals surface area (Å²) in [6.45, 7) is 6.22. The minimum absolute atomic E-state index is 0.679. The van der Waals surface area contributed by atoms with E-state index in [9.17, 15) is 0 Å². The zero-order valence-electron chi connectivity index (χ0n) is 7.67. The summed E-state index contributed by atoms with van der Waals surface area (Å²) in [6, 6.07) is 7.93. The number of aryl methyl sites for hydroxylation is 1. The molecule has 13 heavy (non-hydrogen) atoms. The Morgan fingerprint density at radius 3 is 3.00 bits per heavy atom. The fourth-order valence-corrected chi connectivity index (χ4v) is 1.15. The van der Waals surface area contributed by atoms with E-state index in [-0.39, 0.29) is 0 Å². The Kier molecular flexibility index (Phi) is 3.10. The first-order chi connectivity index (χ1) is 6.29. The van der Waals surface area contributed by atoms with Crippen molar-refractivity contribution < 1.29 is 0 Å². The third-order valence-corrected chi connectivity index (χ3v) is 1.82. The van der Waals surface area contributed by atoms with E-state index in [4.69, 9.17) is 5.26 Å². The fraction of sp³-hybridized carbons (Fsp3) is 0.182. The van der Waals surface area contributed by atoms with Gasteiger partial charge >= 0.3 is 0 Å². The number of hydrogen-bond donors (Lipinski definition) is 1. The summed E-state index contributed by atoms with van der Waals surface area (Å²) in [5.74, 6) is 0. The lowest BCUT2D eigenvalue weighted by atomic mass is 10.1. The molecule has 1 aromatic carbocycles. The summed E-state index contributed by atoms with van der Waals surface area (Å²) in [5.41, 5.74) is 2.59. The highest BCUT2D eigenvalue weighted by Gasteiger charge is 2.02. The van der Waals surface area contributed by atoms with Crippen molar-refractivity contribution in [3.8, 4) is 6.07 Å². The average Bonchev–Trinajstić information content (AvgIpc) is 2.15. The molecule has 0 radical (unpaired) electrons. The highest BCUT2D eigenvalue weighted by molar-refractivity contribution is 5.60. The van der Waals surface area contributed by atoms with Crippen LogP contribution in [-0.4, -0.2) is 6.54 Å². The summed E-state index contributed by atoms with van der Waals surface area (Å²) in [6.07, 6.45) is 1.77. The molecule has 0 saturated carbocycles. The molecular weight excluding hydrogens is 160 g/mol. The second-order valence-electron chi connectivity index (χ2n) is 2.78. The molecule has 0 aliphatic rings. The van der Waals surface area contributed by atoms with Gasteiger partial charge in [0.1, 0.15) is 6.07 Å². The third kappa shape index (κ3) is 2.09. The first-order valence-electron chi connectivity index (χ1n) is 4.14. The Morgan fingerprint density at radius 2 is 2.38 bits per heavy atom. The van der Waals surface area contributed by atoms with Crippen LogP contribution in [0.2, 0.25) is 0 Å². The molecule has 0 fully saturated rings. The monoisotopic (exact) mass is 172 g/mol. The molecular formula is C11H12N2. The molecule has 0 saturated heterocycles. The zero-order valence-corrected chi connectivity index (χ0v) is 7.67. The molecule has 0 heterocycles. The van der Waals surface area contributed by atoms with Crippen LogP contribution < -0.4 is 5.32 Å². The molecule has 2 heteroatoms. The van der Waals surface area contributed by atoms with Gasteiger partial charge in [0.25, 0.3) is 0 Å². The lowest BCUT2D eigenvalue weighted by Crippen LogP contribution is -2.00. The van der Waals surface area contributed by atoms with Crippen LogP contribution in [-0.2, 0) is 0 Å². The molecule has 2 nitrogen and oxygen atoms in total. The van der Waals surface area contributed by atoms with Gasteiger partial charge in [-0.15, -0.1) is 6.58 Å². The molecule has 0 aliphatic carbocycles. The Labute approximate surface area is 78.5 Å². The van der Waals surface area contributed by atoms with E-state index < -0.39 is 0 Å². The normalized spacial score (nSPS) is 8.92. The number of anilines is 1. The van der Waals surface area contributed by atoms with Gasteiger partial charge in [0, 0.05) is 6.54 Å². The average molecular weight is 172 g/mol. The van der Waals surface area contributed by atoms with Gasteiger partial charge in [-0.25, -0.2) is 0 Å². The topological polar surface area (TPSA) is 35.8 Å². The van der Waals surface area contributed by atoms with Crippen molar-refractivity contribution in [3.05, 3.63) is 42.0 Å². The summed E-state index contributed by atoms with van der Waals surface area (Å²) >= 11 is 0. The van der Waals surface area contributed by atoms with Crippen LogP contribution in [0.4, 0.5) is 5.69 Å². The Bertz CT molecular complexity index is 348. The maximum atomic E-state index is 8.88. The van der Waals surface area contributed by atoms with Gasteiger partial charge < -0.3 is 5.32 Å². The van der Waals surface area contributed by atoms with Crippen LogP contribution >= 0.6 is 0 Å². The van der Waals surface area contributed by atoms with Crippen molar-refractivity contribution in [2.75, 3.05) is 11.9 Å². The molecule has 0 unspecified atom stereocenters. The van der Waals surface area contributed by atoms with Crippen LogP contribution in [0, 0.1) is 18.3 Å². The van der Waals surface area contributed by atoms with Crippen molar-refractivity contribution in [1.82, 2.24) is 0 Å². The van der Waals surface area contributed by atoms with Crippen molar-refractivity contribution >= 4 is 5.69 Å². The lowest BCUT2D eigenvalue weighted by Gasteiger charge is -2.06. The number of nitriles is 1. The number of nitrogens with zero attached hydrogens (tertiary/aromatic N) is 1. The number of hydrogen-bond acceptors (Lipinski definition) is 2. The minimum Gasteiger partial charge on any atom is -0.381 e. The summed E-state index contributed by atoms with van der Waals surface area (Å²) in [5, 5.41) is 12.0. The third-order valence-electron chi connectivity index (χ3n) is 1.82. The highest BCUT2D eigenvalue weighted by Crippen LogP contribution is 2.17. The standard InChI is InChI=1S/C11H12N2/c1-3-7-13-11-6-4-5-9(2)10(11)8-12/h3-6,13H,1,7H2,2H3. The molecule has 0 spiro atoms. The molecule has 1 rings (SSSR count). The van der Waals surface area contributed by atoms with E-state index in [1.165, 1.54) is 0 Å². The molecule has 0 bridgehead atoms. The summed E-state index contributed by atoms with van der Waals surface area (Å²) in [7, 11) is 0. The van der Waals surface area contributed by atoms with Crippen molar-refractivity contribution in [2.24, 2.45) is 0 Å². The number of rotatable bonds is 3. The van der Waals surface area contributed by atoms with E-state index in [1.54, 1.807) is 6.08 Å². The maximum Gasteiger partial charge on any atom is 0.102 e. The smallest absolute Gasteiger partial charge is 0.102 e. The van der Waals surface area contributed by atoms with Crippen LogP contribution in [0.1, 0.15) is 11.1 Å². The van der Waals surface area contributed by atoms with Crippen LogP contribution in [0.3, 0.4) is 0 Å². The molecule has 0 amide bonds. The predicted molar refractivity (Wildman–Crippen MR) is 54.6 cm³/mol. The maximum absolute atomic E-state index is 8.88. The van der Waals surface area contributed by atoms with Gasteiger partial charge in [-0.05, 0) is 18.6 Å². The molecule has 0 aliphatic heterocycles. The first-order valence-corrected chi connectivity index (χ1v) is 4.14. The van der Waals surface area contributed by atoms with Crippen LogP contribution in [0.25, 0.3) is 0 Å². The van der Waals surface area contributed by atoms with Gasteiger partial charge in [-0.3, -0.25) is 0 Å². The Morgan fingerprint density at radius 1 is 1.62 bits per heavy atom. The Hall–Kier alpha value is -1.75. The second-order valence-corrected chi connectivity index (χ2v) is 2.78. The largest absolute Gasteiger partial charge is 0.381 e. The van der Waals surface area contributed by atoms with Crippen molar-refractivity contribution in [2.45, 2.75) is 6.92 Å². The SMILES string of the molecule is C=CCNc1cccc(C)c1C#N. The first kappa shape index (κ1) is 9.34. The zero-order chi connectivity index (χ0) is 9.68. The van der Waals surface area contributed by atoms with Gasteiger partial charge in [0.15, 0.2) is 0 Å². The quantitative estimate of drug-likeness (QED) is 0.711. The van der Waals surface area contributed by atoms with E-state index in [1.807, 2.05) is 25.1 Å². The molecule has 0 aromatic heterocycles. The van der Waals surface area contributed by atoms with Crippen LogP contribution in [0.5, 0.6) is 0 Å². The summed E-state index contributed by atoms with van der Waals surface area (Å²) in [4.78, 5) is 0. The van der Waals surface area contributed by atoms with Crippen LogP contribution in [0.15, 0.2) is 30.9 Å². The molecule has 66 valence electrons. The Balaban J connectivity index is 3.00. The van der Waals surface area contributed by atoms with Gasteiger partial charge in [0.05, 0.1) is 11.3 Å². The molecule has 1 aromatic rings. The van der Waals surface area contributed by atoms with E-state index in [0.717, 1.165) is 11.3 Å². The van der Waals surface area contributed by atoms with Crippen molar-refractivity contribution in [3.63, 3.8) is 0 Å². The lowest BCUT2D eigenvalue weighted by molar-refractivity contribution is 1.30. The van der Waals surface area contributed by atoms with E-state index in [0.29, 0.717) is 12.1 Å². The van der Waals surface area contributed by atoms with Gasteiger partial charge in [0.2, 0.25) is 0 Å². The van der Waals surface area contributed by atoms with Gasteiger partial charge in [-0.2, -0.15) is 5.26 Å². The van der Waals surface area contributed by atoms with E-state index >= 15 is 0 Å². The summed E-state index contributed by atoms with van der Waals surface area (Å²) < 4.78 is 0. The predicted octanol–water partition coefficient (Wildman–Crippen LogP) is 2.46. The molecule has 0 atom stereocenters. The number of nitrogens with one attached hydrogen (secondary N) is 1. The highest BCUT2D eigenvalue weighted by atomic mass is 14.9. The van der Waals surface area contributed by atoms with Gasteiger partial charge in [-0.1, -0.05) is 18.2 Å². The molecule has 1 N–H and O–H groups in total. The van der Waals surface area contributed by atoms with Crippen molar-refractivity contribution in [1.29, 1.82) is 5.26 Å².